The van der Waals surface area contributed by atoms with Crippen LogP contribution in [-0.2, 0) is 0 Å². The van der Waals surface area contributed by atoms with Crippen molar-refractivity contribution >= 4 is 22.6 Å². The smallest absolute Gasteiger partial charge is 0.278 e. The van der Waals surface area contributed by atoms with Crippen molar-refractivity contribution in [1.29, 1.82) is 0 Å². The van der Waals surface area contributed by atoms with Crippen molar-refractivity contribution in [2.45, 2.75) is 6.92 Å². The van der Waals surface area contributed by atoms with Gasteiger partial charge in [0, 0.05) is 34.5 Å². The van der Waals surface area contributed by atoms with E-state index in [9.17, 15) is 0 Å². The summed E-state index contributed by atoms with van der Waals surface area (Å²) in [5, 5.41) is 7.61. The minimum absolute atomic E-state index is 0.511. The summed E-state index contributed by atoms with van der Waals surface area (Å²) in [6.07, 6.45) is 1.72. The van der Waals surface area contributed by atoms with E-state index in [-0.39, 0.29) is 0 Å². The number of rotatable bonds is 1. The second kappa shape index (κ2) is 3.41. The Labute approximate surface area is 88.5 Å². The van der Waals surface area contributed by atoms with Crippen LogP contribution in [-0.4, -0.2) is 15.2 Å². The molecule has 0 radical (unpaired) electrons. The molecule has 0 spiro atoms. The van der Waals surface area contributed by atoms with Crippen LogP contribution in [0, 0.1) is 10.8 Å². The maximum atomic E-state index is 5.23. The molecule has 0 aliphatic heterocycles. The van der Waals surface area contributed by atoms with Crippen molar-refractivity contribution in [2.75, 3.05) is 0 Å². The summed E-state index contributed by atoms with van der Waals surface area (Å²) in [5.41, 5.74) is 1.82. The molecule has 66 valence electrons. The van der Waals surface area contributed by atoms with Gasteiger partial charge in [-0.15, -0.1) is 10.2 Å². The molecular weight excluding hydrogens is 281 g/mol. The van der Waals surface area contributed by atoms with E-state index < -0.39 is 0 Å². The van der Waals surface area contributed by atoms with Crippen molar-refractivity contribution < 1.29 is 4.42 Å². The molecule has 0 atom stereocenters. The molecule has 0 saturated carbocycles. The lowest BCUT2D eigenvalue weighted by molar-refractivity contribution is 0.536. The first kappa shape index (κ1) is 8.61. The molecule has 5 heteroatoms. The Kier molecular flexibility index (Phi) is 2.26. The third-order valence-electron chi connectivity index (χ3n) is 1.56. The van der Waals surface area contributed by atoms with Gasteiger partial charge in [-0.2, -0.15) is 0 Å². The van der Waals surface area contributed by atoms with Gasteiger partial charge in [-0.1, -0.05) is 0 Å². The number of pyridine rings is 1. The molecule has 2 aromatic heterocycles. The fraction of sp³-hybridized carbons (Fsp3) is 0.125. The largest absolute Gasteiger partial charge is 0.412 e. The third-order valence-corrected chi connectivity index (χ3v) is 1.99. The lowest BCUT2D eigenvalue weighted by Gasteiger charge is -1.93. The zero-order valence-electron chi connectivity index (χ0n) is 6.86. The van der Waals surface area contributed by atoms with Crippen LogP contribution >= 0.6 is 22.6 Å². The molecule has 0 aliphatic carbocycles. The fourth-order valence-electron chi connectivity index (χ4n) is 0.916. The molecule has 0 saturated heterocycles. The van der Waals surface area contributed by atoms with Gasteiger partial charge >= 0.3 is 0 Å². The summed E-state index contributed by atoms with van der Waals surface area (Å²) in [4.78, 5) is 4.13. The lowest BCUT2D eigenvalue weighted by atomic mass is 10.2. The van der Waals surface area contributed by atoms with Gasteiger partial charge in [-0.05, 0) is 19.1 Å². The number of hydrogen-bond donors (Lipinski definition) is 0. The van der Waals surface area contributed by atoms with Crippen LogP contribution < -0.4 is 0 Å². The summed E-state index contributed by atoms with van der Waals surface area (Å²) in [6, 6.07) is 3.82. The van der Waals surface area contributed by atoms with E-state index in [1.807, 2.05) is 41.6 Å². The monoisotopic (exact) mass is 287 g/mol. The highest BCUT2D eigenvalue weighted by atomic mass is 127. The van der Waals surface area contributed by atoms with Gasteiger partial charge in [0.05, 0.1) is 5.56 Å². The van der Waals surface area contributed by atoms with E-state index in [1.54, 1.807) is 6.20 Å². The van der Waals surface area contributed by atoms with Crippen molar-refractivity contribution in [3.8, 4) is 11.5 Å². The molecule has 0 N–H and O–H groups in total. The van der Waals surface area contributed by atoms with Crippen LogP contribution in [0.3, 0.4) is 0 Å². The molecule has 0 unspecified atom stereocenters. The molecule has 4 nitrogen and oxygen atoms in total. The Bertz CT molecular complexity index is 410. The lowest BCUT2D eigenvalue weighted by Crippen LogP contribution is -1.82. The van der Waals surface area contributed by atoms with E-state index >= 15 is 0 Å². The first-order valence-corrected chi connectivity index (χ1v) is 4.75. The van der Waals surface area contributed by atoms with E-state index in [4.69, 9.17) is 4.42 Å². The third kappa shape index (κ3) is 1.85. The normalized spacial score (nSPS) is 10.3. The quantitative estimate of drug-likeness (QED) is 0.753. The Balaban J connectivity index is 2.41. The highest BCUT2D eigenvalue weighted by Crippen LogP contribution is 2.17. The SMILES string of the molecule is Cc1ccc(-c2nnc(I)o2)cn1. The maximum absolute atomic E-state index is 5.23. The summed E-state index contributed by atoms with van der Waals surface area (Å²) >= 11 is 1.97. The van der Waals surface area contributed by atoms with Gasteiger partial charge in [0.1, 0.15) is 0 Å². The molecule has 0 aliphatic rings. The predicted octanol–water partition coefficient (Wildman–Crippen LogP) is 2.04. The van der Waals surface area contributed by atoms with E-state index in [2.05, 4.69) is 15.2 Å². The average Bonchev–Trinajstić information content (AvgIpc) is 2.53. The van der Waals surface area contributed by atoms with Gasteiger partial charge in [-0.25, -0.2) is 0 Å². The van der Waals surface area contributed by atoms with E-state index in [1.165, 1.54) is 0 Å². The van der Waals surface area contributed by atoms with E-state index in [0.717, 1.165) is 11.3 Å². The van der Waals surface area contributed by atoms with Crippen molar-refractivity contribution in [3.05, 3.63) is 27.9 Å². The summed E-state index contributed by atoms with van der Waals surface area (Å²) in [5.74, 6) is 0.511. The zero-order chi connectivity index (χ0) is 9.26. The summed E-state index contributed by atoms with van der Waals surface area (Å²) in [7, 11) is 0. The summed E-state index contributed by atoms with van der Waals surface area (Å²) in [6.45, 7) is 1.93. The number of aromatic nitrogens is 3. The standard InChI is InChI=1S/C8H6IN3O/c1-5-2-3-6(4-10-5)7-11-12-8(9)13-7/h2-4H,1H3. The zero-order valence-corrected chi connectivity index (χ0v) is 9.02. The molecule has 0 amide bonds. The highest BCUT2D eigenvalue weighted by Gasteiger charge is 2.05. The van der Waals surface area contributed by atoms with Crippen LogP contribution in [0.15, 0.2) is 22.7 Å². The Morgan fingerprint density at radius 3 is 2.69 bits per heavy atom. The molecule has 2 aromatic rings. The van der Waals surface area contributed by atoms with Crippen LogP contribution in [0.1, 0.15) is 5.69 Å². The van der Waals surface area contributed by atoms with Crippen molar-refractivity contribution in [1.82, 2.24) is 15.2 Å². The number of hydrogen-bond acceptors (Lipinski definition) is 4. The van der Waals surface area contributed by atoms with Crippen molar-refractivity contribution in [3.63, 3.8) is 0 Å². The van der Waals surface area contributed by atoms with Crippen LogP contribution in [0.5, 0.6) is 0 Å². The fourth-order valence-corrected chi connectivity index (χ4v) is 1.23. The summed E-state index contributed by atoms with van der Waals surface area (Å²) < 4.78 is 5.77. The van der Waals surface area contributed by atoms with Gasteiger partial charge in [0.25, 0.3) is 3.90 Å². The maximum Gasteiger partial charge on any atom is 0.278 e. The van der Waals surface area contributed by atoms with E-state index in [0.29, 0.717) is 9.79 Å². The molecule has 2 rings (SSSR count). The second-order valence-corrected chi connectivity index (χ2v) is 3.47. The molecule has 0 fully saturated rings. The topological polar surface area (TPSA) is 51.8 Å². The number of halogens is 1. The highest BCUT2D eigenvalue weighted by molar-refractivity contribution is 14.1. The van der Waals surface area contributed by atoms with Crippen LogP contribution in [0.2, 0.25) is 0 Å². The Morgan fingerprint density at radius 1 is 1.31 bits per heavy atom. The van der Waals surface area contributed by atoms with Gasteiger partial charge in [0.15, 0.2) is 0 Å². The molecule has 0 aromatic carbocycles. The molecule has 2 heterocycles. The van der Waals surface area contributed by atoms with Gasteiger partial charge in [0.2, 0.25) is 5.89 Å². The number of aryl methyl sites for hydroxylation is 1. The molecular formula is C8H6IN3O. The second-order valence-electron chi connectivity index (χ2n) is 2.55. The van der Waals surface area contributed by atoms with Gasteiger partial charge in [-0.3, -0.25) is 4.98 Å². The Hall–Kier alpha value is -0.980. The minimum Gasteiger partial charge on any atom is -0.412 e. The first-order valence-electron chi connectivity index (χ1n) is 3.68. The minimum atomic E-state index is 0.511. The first-order chi connectivity index (χ1) is 6.25. The molecule has 0 bridgehead atoms. The Morgan fingerprint density at radius 2 is 2.15 bits per heavy atom. The van der Waals surface area contributed by atoms with Crippen molar-refractivity contribution in [2.24, 2.45) is 0 Å². The predicted molar refractivity (Wildman–Crippen MR) is 55.0 cm³/mol. The van der Waals surface area contributed by atoms with Crippen LogP contribution in [0.4, 0.5) is 0 Å². The molecule has 13 heavy (non-hydrogen) atoms. The average molecular weight is 287 g/mol. The number of nitrogens with zero attached hydrogens (tertiary/aromatic N) is 3. The van der Waals surface area contributed by atoms with Gasteiger partial charge < -0.3 is 4.42 Å². The van der Waals surface area contributed by atoms with Crippen LogP contribution in [0.25, 0.3) is 11.5 Å².